The van der Waals surface area contributed by atoms with Crippen LogP contribution in [0.3, 0.4) is 0 Å². The van der Waals surface area contributed by atoms with Crippen LogP contribution in [0.4, 0.5) is 10.2 Å². The van der Waals surface area contributed by atoms with Crippen molar-refractivity contribution in [3.05, 3.63) is 47.9 Å². The van der Waals surface area contributed by atoms with E-state index >= 15 is 0 Å². The summed E-state index contributed by atoms with van der Waals surface area (Å²) in [4.78, 5) is 16.0. The number of nitrogens with two attached hydrogens (primary N) is 1. The van der Waals surface area contributed by atoms with Crippen LogP contribution in [0.2, 0.25) is 0 Å². The fraction of sp³-hybridized carbons (Fsp3) is 0.133. The van der Waals surface area contributed by atoms with Gasteiger partial charge in [0.2, 0.25) is 0 Å². The molecule has 1 aromatic carbocycles. The molecule has 0 aliphatic carbocycles. The van der Waals surface area contributed by atoms with Crippen molar-refractivity contribution in [3.63, 3.8) is 0 Å². The summed E-state index contributed by atoms with van der Waals surface area (Å²) in [6.45, 7) is 1.96. The summed E-state index contributed by atoms with van der Waals surface area (Å²) < 4.78 is 19.3. The lowest BCUT2D eigenvalue weighted by Gasteiger charge is -2.05. The van der Waals surface area contributed by atoms with E-state index in [-0.39, 0.29) is 23.8 Å². The second kappa shape index (κ2) is 5.44. The standard InChI is InChI=1S/C15H13FN4O2/c1-2-22-15(21)11-8-18-13-7-12(19-20(13)14(11)17)9-3-5-10(16)6-4-9/h3-8H,2,17H2,1H3. The predicted octanol–water partition coefficient (Wildman–Crippen LogP) is 2.29. The normalized spacial score (nSPS) is 10.8. The molecule has 112 valence electrons. The van der Waals surface area contributed by atoms with E-state index in [0.717, 1.165) is 5.56 Å². The number of ether oxygens (including phenoxy) is 1. The molecule has 0 aliphatic heterocycles. The zero-order valence-electron chi connectivity index (χ0n) is 11.8. The number of anilines is 1. The largest absolute Gasteiger partial charge is 0.462 e. The van der Waals surface area contributed by atoms with Gasteiger partial charge in [0.15, 0.2) is 5.65 Å². The zero-order valence-corrected chi connectivity index (χ0v) is 11.8. The Morgan fingerprint density at radius 2 is 2.09 bits per heavy atom. The molecule has 0 saturated heterocycles. The van der Waals surface area contributed by atoms with E-state index < -0.39 is 5.97 Å². The first-order valence-corrected chi connectivity index (χ1v) is 6.67. The first kappa shape index (κ1) is 14.0. The van der Waals surface area contributed by atoms with Gasteiger partial charge in [0, 0.05) is 17.8 Å². The molecule has 0 fully saturated rings. The summed E-state index contributed by atoms with van der Waals surface area (Å²) in [5.74, 6) is -0.722. The summed E-state index contributed by atoms with van der Waals surface area (Å²) in [5.41, 5.74) is 7.92. The molecule has 3 rings (SSSR count). The number of carbonyl (C=O) groups is 1. The number of nitrogens with zero attached hydrogens (tertiary/aromatic N) is 3. The average Bonchev–Trinajstić information content (AvgIpc) is 2.93. The van der Waals surface area contributed by atoms with Crippen molar-refractivity contribution in [1.29, 1.82) is 0 Å². The van der Waals surface area contributed by atoms with Crippen molar-refractivity contribution in [2.45, 2.75) is 6.92 Å². The van der Waals surface area contributed by atoms with E-state index in [1.807, 2.05) is 0 Å². The smallest absolute Gasteiger partial charge is 0.343 e. The summed E-state index contributed by atoms with van der Waals surface area (Å²) >= 11 is 0. The minimum atomic E-state index is -0.548. The van der Waals surface area contributed by atoms with Gasteiger partial charge in [-0.2, -0.15) is 9.61 Å². The minimum absolute atomic E-state index is 0.150. The van der Waals surface area contributed by atoms with Gasteiger partial charge in [-0.1, -0.05) is 0 Å². The van der Waals surface area contributed by atoms with E-state index in [0.29, 0.717) is 11.3 Å². The molecule has 6 nitrogen and oxygen atoms in total. The number of nitrogen functional groups attached to an aromatic ring is 1. The Kier molecular flexibility index (Phi) is 3.46. The Morgan fingerprint density at radius 1 is 1.36 bits per heavy atom. The van der Waals surface area contributed by atoms with Crippen LogP contribution in [0, 0.1) is 5.82 Å². The maximum absolute atomic E-state index is 13.0. The van der Waals surface area contributed by atoms with Crippen LogP contribution < -0.4 is 5.73 Å². The number of rotatable bonds is 3. The van der Waals surface area contributed by atoms with E-state index in [4.69, 9.17) is 10.5 Å². The van der Waals surface area contributed by atoms with Gasteiger partial charge in [-0.3, -0.25) is 0 Å². The molecule has 2 N–H and O–H groups in total. The highest BCUT2D eigenvalue weighted by Crippen LogP contribution is 2.22. The molecule has 3 aromatic rings. The van der Waals surface area contributed by atoms with Gasteiger partial charge in [0.25, 0.3) is 0 Å². The van der Waals surface area contributed by atoms with Gasteiger partial charge in [-0.15, -0.1) is 0 Å². The van der Waals surface area contributed by atoms with Crippen LogP contribution >= 0.6 is 0 Å². The molecule has 0 unspecified atom stereocenters. The first-order chi connectivity index (χ1) is 10.6. The third-order valence-electron chi connectivity index (χ3n) is 3.16. The Labute approximate surface area is 125 Å². The van der Waals surface area contributed by atoms with Crippen LogP contribution in [0.25, 0.3) is 16.9 Å². The number of fused-ring (bicyclic) bond motifs is 1. The monoisotopic (exact) mass is 300 g/mol. The molecule has 22 heavy (non-hydrogen) atoms. The van der Waals surface area contributed by atoms with Crippen molar-refractivity contribution < 1.29 is 13.9 Å². The Balaban J connectivity index is 2.08. The Morgan fingerprint density at radius 3 is 2.77 bits per heavy atom. The summed E-state index contributed by atoms with van der Waals surface area (Å²) in [5, 5.41) is 4.31. The minimum Gasteiger partial charge on any atom is -0.462 e. The van der Waals surface area contributed by atoms with Crippen molar-refractivity contribution in [3.8, 4) is 11.3 Å². The van der Waals surface area contributed by atoms with Crippen LogP contribution in [0.15, 0.2) is 36.5 Å². The molecule has 0 radical (unpaired) electrons. The lowest BCUT2D eigenvalue weighted by molar-refractivity contribution is 0.0526. The topological polar surface area (TPSA) is 82.5 Å². The number of hydrogen-bond donors (Lipinski definition) is 1. The molecule has 2 aromatic heterocycles. The van der Waals surface area contributed by atoms with E-state index in [9.17, 15) is 9.18 Å². The molecule has 0 bridgehead atoms. The van der Waals surface area contributed by atoms with Crippen LogP contribution in [-0.4, -0.2) is 27.2 Å². The maximum atomic E-state index is 13.0. The van der Waals surface area contributed by atoms with Gasteiger partial charge >= 0.3 is 5.97 Å². The molecule has 2 heterocycles. The maximum Gasteiger partial charge on any atom is 0.343 e. The highest BCUT2D eigenvalue weighted by molar-refractivity contribution is 5.94. The second-order valence-corrected chi connectivity index (χ2v) is 4.58. The van der Waals surface area contributed by atoms with E-state index in [1.54, 1.807) is 25.1 Å². The molecule has 0 amide bonds. The molecule has 0 spiro atoms. The number of halogens is 1. The van der Waals surface area contributed by atoms with Gasteiger partial charge in [0.1, 0.15) is 17.2 Å². The SMILES string of the molecule is CCOC(=O)c1cnc2cc(-c3ccc(F)cc3)nn2c1N. The fourth-order valence-electron chi connectivity index (χ4n) is 2.08. The Bertz CT molecular complexity index is 843. The Hall–Kier alpha value is -2.96. The third-order valence-corrected chi connectivity index (χ3v) is 3.16. The molecule has 0 atom stereocenters. The van der Waals surface area contributed by atoms with Crippen LogP contribution in [-0.2, 0) is 4.74 Å². The lowest BCUT2D eigenvalue weighted by atomic mass is 10.1. The van der Waals surface area contributed by atoms with Gasteiger partial charge in [-0.25, -0.2) is 14.2 Å². The number of carbonyl (C=O) groups excluding carboxylic acids is 1. The van der Waals surface area contributed by atoms with Crippen molar-refractivity contribution in [2.75, 3.05) is 12.3 Å². The summed E-state index contributed by atoms with van der Waals surface area (Å²) in [6.07, 6.45) is 1.36. The second-order valence-electron chi connectivity index (χ2n) is 4.58. The highest BCUT2D eigenvalue weighted by atomic mass is 19.1. The number of aromatic nitrogens is 3. The molecular formula is C15H13FN4O2. The van der Waals surface area contributed by atoms with Crippen molar-refractivity contribution in [2.24, 2.45) is 0 Å². The number of benzene rings is 1. The van der Waals surface area contributed by atoms with Crippen molar-refractivity contribution in [1.82, 2.24) is 14.6 Å². The molecule has 0 aliphatic rings. The summed E-state index contributed by atoms with van der Waals surface area (Å²) in [7, 11) is 0. The van der Waals surface area contributed by atoms with Gasteiger partial charge in [0.05, 0.1) is 12.3 Å². The van der Waals surface area contributed by atoms with Gasteiger partial charge in [-0.05, 0) is 31.2 Å². The van der Waals surface area contributed by atoms with E-state index in [1.165, 1.54) is 22.8 Å². The number of esters is 1. The number of hydrogen-bond acceptors (Lipinski definition) is 5. The summed E-state index contributed by atoms with van der Waals surface area (Å²) in [6, 6.07) is 7.62. The zero-order chi connectivity index (χ0) is 15.7. The van der Waals surface area contributed by atoms with Crippen LogP contribution in [0.1, 0.15) is 17.3 Å². The van der Waals surface area contributed by atoms with Gasteiger partial charge < -0.3 is 10.5 Å². The highest BCUT2D eigenvalue weighted by Gasteiger charge is 2.16. The predicted molar refractivity (Wildman–Crippen MR) is 78.7 cm³/mol. The molecule has 0 saturated carbocycles. The first-order valence-electron chi connectivity index (χ1n) is 6.67. The van der Waals surface area contributed by atoms with Crippen LogP contribution in [0.5, 0.6) is 0 Å². The quantitative estimate of drug-likeness (QED) is 0.750. The molecule has 7 heteroatoms. The molecular weight excluding hydrogens is 287 g/mol. The lowest BCUT2D eigenvalue weighted by Crippen LogP contribution is -2.12. The fourth-order valence-corrected chi connectivity index (χ4v) is 2.08. The van der Waals surface area contributed by atoms with Crippen molar-refractivity contribution >= 4 is 17.4 Å². The average molecular weight is 300 g/mol. The van der Waals surface area contributed by atoms with E-state index in [2.05, 4.69) is 10.1 Å². The third kappa shape index (κ3) is 2.37.